The highest BCUT2D eigenvalue weighted by molar-refractivity contribution is 6.31. The highest BCUT2D eigenvalue weighted by atomic mass is 35.5. The summed E-state index contributed by atoms with van der Waals surface area (Å²) in [6.07, 6.45) is 0. The van der Waals surface area contributed by atoms with Crippen LogP contribution in [-0.4, -0.2) is 18.5 Å². The minimum atomic E-state index is -0.703. The Morgan fingerprint density at radius 2 is 1.59 bits per heavy atom. The molecule has 0 atom stereocenters. The van der Waals surface area contributed by atoms with E-state index in [0.29, 0.717) is 16.4 Å². The maximum absolute atomic E-state index is 12.0. The fourth-order valence-corrected chi connectivity index (χ4v) is 2.53. The standard InChI is InChI=1S/C21H17ClN4O3/c22-14-6-11-18(19(23)12-14)21(28)29-13-20(27)24-15-7-9-17(10-8-15)26-25-16-4-2-1-3-5-16/h1-12H,13,23H2,(H,24,27). The number of rotatable bonds is 6. The van der Waals surface area contributed by atoms with Crippen LogP contribution in [0.3, 0.4) is 0 Å². The molecule has 3 aromatic rings. The zero-order valence-electron chi connectivity index (χ0n) is 15.2. The van der Waals surface area contributed by atoms with Crippen molar-refractivity contribution in [3.8, 4) is 0 Å². The quantitative estimate of drug-likeness (QED) is 0.335. The third kappa shape index (κ3) is 5.88. The fraction of sp³-hybridized carbons (Fsp3) is 0.0476. The summed E-state index contributed by atoms with van der Waals surface area (Å²) in [5.74, 6) is -1.18. The molecule has 0 aliphatic rings. The van der Waals surface area contributed by atoms with Crippen LogP contribution in [0.15, 0.2) is 83.0 Å². The van der Waals surface area contributed by atoms with Crippen molar-refractivity contribution >= 4 is 46.2 Å². The number of azo groups is 1. The van der Waals surface area contributed by atoms with Crippen LogP contribution in [0.25, 0.3) is 0 Å². The molecule has 0 aliphatic heterocycles. The lowest BCUT2D eigenvalue weighted by atomic mass is 10.2. The SMILES string of the molecule is Nc1cc(Cl)ccc1C(=O)OCC(=O)Nc1ccc(N=Nc2ccccc2)cc1. The molecule has 1 amide bonds. The predicted molar refractivity (Wildman–Crippen MR) is 112 cm³/mol. The van der Waals surface area contributed by atoms with Gasteiger partial charge in [0.1, 0.15) is 0 Å². The molecule has 0 aromatic heterocycles. The smallest absolute Gasteiger partial charge is 0.340 e. The molecule has 0 spiro atoms. The fourth-order valence-electron chi connectivity index (χ4n) is 2.35. The van der Waals surface area contributed by atoms with E-state index in [4.69, 9.17) is 22.1 Å². The number of nitrogens with two attached hydrogens (primary N) is 1. The van der Waals surface area contributed by atoms with Crippen molar-refractivity contribution < 1.29 is 14.3 Å². The highest BCUT2D eigenvalue weighted by Crippen LogP contribution is 2.21. The summed E-state index contributed by atoms with van der Waals surface area (Å²) in [5, 5.41) is 11.3. The summed E-state index contributed by atoms with van der Waals surface area (Å²) >= 11 is 5.79. The van der Waals surface area contributed by atoms with Gasteiger partial charge in [-0.3, -0.25) is 4.79 Å². The van der Waals surface area contributed by atoms with Gasteiger partial charge >= 0.3 is 5.97 Å². The van der Waals surface area contributed by atoms with Crippen molar-refractivity contribution in [2.75, 3.05) is 17.7 Å². The Morgan fingerprint density at radius 1 is 0.931 bits per heavy atom. The molecule has 8 heteroatoms. The molecule has 146 valence electrons. The molecule has 0 heterocycles. The number of anilines is 2. The minimum absolute atomic E-state index is 0.148. The molecule has 3 rings (SSSR count). The van der Waals surface area contributed by atoms with Crippen LogP contribution < -0.4 is 11.1 Å². The number of halogens is 1. The first kappa shape index (κ1) is 20.0. The number of hydrogen-bond acceptors (Lipinski definition) is 6. The Bertz CT molecular complexity index is 1040. The molecule has 7 nitrogen and oxygen atoms in total. The van der Waals surface area contributed by atoms with Gasteiger partial charge < -0.3 is 15.8 Å². The van der Waals surface area contributed by atoms with E-state index >= 15 is 0 Å². The van der Waals surface area contributed by atoms with Gasteiger partial charge in [-0.1, -0.05) is 29.8 Å². The molecule has 0 unspecified atom stereocenters. The number of nitrogens with one attached hydrogen (secondary N) is 1. The van der Waals surface area contributed by atoms with E-state index in [1.807, 2.05) is 30.3 Å². The van der Waals surface area contributed by atoms with Crippen molar-refractivity contribution in [3.05, 3.63) is 83.4 Å². The highest BCUT2D eigenvalue weighted by Gasteiger charge is 2.13. The van der Waals surface area contributed by atoms with Crippen LogP contribution in [0.4, 0.5) is 22.7 Å². The Balaban J connectivity index is 1.51. The van der Waals surface area contributed by atoms with Gasteiger partial charge in [0, 0.05) is 16.4 Å². The largest absolute Gasteiger partial charge is 0.452 e. The van der Waals surface area contributed by atoms with E-state index in [-0.39, 0.29) is 11.3 Å². The number of nitrogens with zero attached hydrogens (tertiary/aromatic N) is 2. The summed E-state index contributed by atoms with van der Waals surface area (Å²) in [4.78, 5) is 24.0. The monoisotopic (exact) mass is 408 g/mol. The maximum Gasteiger partial charge on any atom is 0.340 e. The van der Waals surface area contributed by atoms with E-state index in [1.54, 1.807) is 24.3 Å². The number of amides is 1. The number of hydrogen-bond donors (Lipinski definition) is 2. The third-order valence-electron chi connectivity index (χ3n) is 3.76. The third-order valence-corrected chi connectivity index (χ3v) is 3.99. The van der Waals surface area contributed by atoms with Crippen LogP contribution in [0.1, 0.15) is 10.4 Å². The molecule has 0 fully saturated rings. The molecule has 3 N–H and O–H groups in total. The van der Waals surface area contributed by atoms with Gasteiger partial charge in [0.15, 0.2) is 6.61 Å². The van der Waals surface area contributed by atoms with Crippen LogP contribution in [0.2, 0.25) is 5.02 Å². The number of carbonyl (C=O) groups is 2. The van der Waals surface area contributed by atoms with Gasteiger partial charge in [-0.05, 0) is 54.6 Å². The van der Waals surface area contributed by atoms with Gasteiger partial charge in [-0.2, -0.15) is 10.2 Å². The molecule has 0 saturated heterocycles. The van der Waals surface area contributed by atoms with E-state index in [0.717, 1.165) is 5.69 Å². The van der Waals surface area contributed by atoms with Gasteiger partial charge in [-0.25, -0.2) is 4.79 Å². The molecular formula is C21H17ClN4O3. The van der Waals surface area contributed by atoms with Crippen molar-refractivity contribution in [3.63, 3.8) is 0 Å². The van der Waals surface area contributed by atoms with Crippen molar-refractivity contribution in [2.24, 2.45) is 10.2 Å². The Kier molecular flexibility index (Phi) is 6.55. The summed E-state index contributed by atoms with van der Waals surface area (Å²) in [6.45, 7) is -0.448. The summed E-state index contributed by atoms with van der Waals surface area (Å²) in [6, 6.07) is 20.5. The average molecular weight is 409 g/mol. The molecule has 0 radical (unpaired) electrons. The second kappa shape index (κ2) is 9.48. The number of esters is 1. The van der Waals surface area contributed by atoms with Gasteiger partial charge in [-0.15, -0.1) is 0 Å². The van der Waals surface area contributed by atoms with Crippen LogP contribution >= 0.6 is 11.6 Å². The first-order chi connectivity index (χ1) is 14.0. The molecular weight excluding hydrogens is 392 g/mol. The normalized spacial score (nSPS) is 10.7. The average Bonchev–Trinajstić information content (AvgIpc) is 2.72. The molecule has 0 bridgehead atoms. The van der Waals surface area contributed by atoms with E-state index < -0.39 is 18.5 Å². The lowest BCUT2D eigenvalue weighted by Crippen LogP contribution is -2.21. The second-order valence-corrected chi connectivity index (χ2v) is 6.37. The molecule has 0 saturated carbocycles. The number of benzene rings is 3. The van der Waals surface area contributed by atoms with E-state index in [9.17, 15) is 9.59 Å². The van der Waals surface area contributed by atoms with Crippen molar-refractivity contribution in [1.82, 2.24) is 0 Å². The zero-order chi connectivity index (χ0) is 20.6. The summed E-state index contributed by atoms with van der Waals surface area (Å²) in [7, 11) is 0. The second-order valence-electron chi connectivity index (χ2n) is 5.94. The molecule has 29 heavy (non-hydrogen) atoms. The molecule has 3 aromatic carbocycles. The number of carbonyl (C=O) groups excluding carboxylic acids is 2. The molecule has 0 aliphatic carbocycles. The first-order valence-electron chi connectivity index (χ1n) is 8.60. The van der Waals surface area contributed by atoms with Crippen LogP contribution in [0.5, 0.6) is 0 Å². The maximum atomic E-state index is 12.0. The van der Waals surface area contributed by atoms with Gasteiger partial charge in [0.2, 0.25) is 0 Å². The Labute approximate surface area is 172 Å². The zero-order valence-corrected chi connectivity index (χ0v) is 16.0. The first-order valence-corrected chi connectivity index (χ1v) is 8.98. The van der Waals surface area contributed by atoms with Crippen molar-refractivity contribution in [2.45, 2.75) is 0 Å². The topological polar surface area (TPSA) is 106 Å². The lowest BCUT2D eigenvalue weighted by molar-refractivity contribution is -0.119. The van der Waals surface area contributed by atoms with Crippen molar-refractivity contribution in [1.29, 1.82) is 0 Å². The van der Waals surface area contributed by atoms with Crippen LogP contribution in [0, 0.1) is 0 Å². The van der Waals surface area contributed by atoms with Gasteiger partial charge in [0.05, 0.1) is 16.9 Å². The number of nitrogen functional groups attached to an aromatic ring is 1. The summed E-state index contributed by atoms with van der Waals surface area (Å²) in [5.41, 5.74) is 7.97. The van der Waals surface area contributed by atoms with E-state index in [1.165, 1.54) is 18.2 Å². The van der Waals surface area contributed by atoms with Crippen LogP contribution in [-0.2, 0) is 9.53 Å². The van der Waals surface area contributed by atoms with Gasteiger partial charge in [0.25, 0.3) is 5.91 Å². The number of ether oxygens (including phenoxy) is 1. The summed E-state index contributed by atoms with van der Waals surface area (Å²) < 4.78 is 4.99. The Hall–Kier alpha value is -3.71. The van der Waals surface area contributed by atoms with E-state index in [2.05, 4.69) is 15.5 Å². The minimum Gasteiger partial charge on any atom is -0.452 e. The predicted octanol–water partition coefficient (Wildman–Crippen LogP) is 5.13. The Morgan fingerprint density at radius 3 is 2.24 bits per heavy atom. The lowest BCUT2D eigenvalue weighted by Gasteiger charge is -2.08.